The number of carboxylic acid groups (broad SMARTS) is 1. The summed E-state index contributed by atoms with van der Waals surface area (Å²) in [6.45, 7) is 0. The van der Waals surface area contributed by atoms with E-state index >= 15 is 0 Å². The number of benzene rings is 1. The second-order valence-electron chi connectivity index (χ2n) is 3.67. The third-order valence-corrected chi connectivity index (χ3v) is 2.51. The van der Waals surface area contributed by atoms with Crippen molar-refractivity contribution in [2.45, 2.75) is 0 Å². The summed E-state index contributed by atoms with van der Waals surface area (Å²) < 4.78 is 0. The lowest BCUT2D eigenvalue weighted by atomic mass is 10.00. The van der Waals surface area contributed by atoms with Crippen LogP contribution in [-0.2, 0) is 0 Å². The Bertz CT molecular complexity index is 623. The van der Waals surface area contributed by atoms with Crippen LogP contribution in [0.2, 0.25) is 0 Å². The highest BCUT2D eigenvalue weighted by molar-refractivity contribution is 5.98. The van der Waals surface area contributed by atoms with Gasteiger partial charge < -0.3 is 10.8 Å². The average Bonchev–Trinajstić information content (AvgIpc) is 2.39. The van der Waals surface area contributed by atoms with Crippen LogP contribution in [0.4, 0.5) is 0 Å². The molecule has 0 bridgehead atoms. The van der Waals surface area contributed by atoms with E-state index in [4.69, 9.17) is 10.8 Å². The van der Waals surface area contributed by atoms with Crippen molar-refractivity contribution in [1.29, 1.82) is 0 Å². The lowest BCUT2D eigenvalue weighted by molar-refractivity contribution is 0.0697. The molecule has 1 heterocycles. The first-order valence-corrected chi connectivity index (χ1v) is 5.17. The number of carboxylic acids is 1. The Balaban J connectivity index is 2.58. The van der Waals surface area contributed by atoms with Crippen LogP contribution in [0.1, 0.15) is 20.7 Å². The Morgan fingerprint density at radius 2 is 2.00 bits per heavy atom. The van der Waals surface area contributed by atoms with Gasteiger partial charge in [-0.25, -0.2) is 4.79 Å². The molecule has 0 unspecified atom stereocenters. The predicted molar refractivity (Wildman–Crippen MR) is 65.2 cm³/mol. The number of hydrogen-bond donors (Lipinski definition) is 2. The van der Waals surface area contributed by atoms with Crippen molar-refractivity contribution >= 4 is 11.9 Å². The maximum Gasteiger partial charge on any atom is 0.336 e. The number of nitrogens with zero attached hydrogens (tertiary/aromatic N) is 1. The van der Waals surface area contributed by atoms with Gasteiger partial charge in [0.2, 0.25) is 5.91 Å². The van der Waals surface area contributed by atoms with Gasteiger partial charge in [0.25, 0.3) is 0 Å². The molecule has 0 aliphatic heterocycles. The number of carbonyl (C=O) groups excluding carboxylic acids is 1. The van der Waals surface area contributed by atoms with Crippen LogP contribution in [0.3, 0.4) is 0 Å². The molecule has 1 amide bonds. The number of primary amides is 1. The number of pyridine rings is 1. The molecular weight excluding hydrogens is 232 g/mol. The number of aromatic carboxylic acids is 1. The van der Waals surface area contributed by atoms with Crippen LogP contribution in [0.5, 0.6) is 0 Å². The van der Waals surface area contributed by atoms with E-state index in [-0.39, 0.29) is 5.56 Å². The quantitative estimate of drug-likeness (QED) is 0.853. The van der Waals surface area contributed by atoms with E-state index < -0.39 is 11.9 Å². The number of rotatable bonds is 3. The van der Waals surface area contributed by atoms with Gasteiger partial charge in [0.1, 0.15) is 0 Å². The molecule has 0 spiro atoms. The molecular formula is C13H10N2O3. The highest BCUT2D eigenvalue weighted by Crippen LogP contribution is 2.23. The molecule has 1 aromatic heterocycles. The second kappa shape index (κ2) is 4.67. The number of carbonyl (C=O) groups is 2. The van der Waals surface area contributed by atoms with Crippen LogP contribution < -0.4 is 5.73 Å². The summed E-state index contributed by atoms with van der Waals surface area (Å²) >= 11 is 0. The maximum atomic E-state index is 11.1. The van der Waals surface area contributed by atoms with Crippen molar-refractivity contribution < 1.29 is 14.7 Å². The van der Waals surface area contributed by atoms with E-state index in [1.807, 2.05) is 0 Å². The van der Waals surface area contributed by atoms with E-state index in [9.17, 15) is 9.59 Å². The molecule has 2 rings (SSSR count). The third-order valence-electron chi connectivity index (χ3n) is 2.51. The summed E-state index contributed by atoms with van der Waals surface area (Å²) in [6, 6.07) is 7.88. The van der Waals surface area contributed by atoms with E-state index in [2.05, 4.69) is 4.98 Å². The summed E-state index contributed by atoms with van der Waals surface area (Å²) in [7, 11) is 0. The second-order valence-corrected chi connectivity index (χ2v) is 3.67. The fourth-order valence-corrected chi connectivity index (χ4v) is 1.65. The number of amides is 1. The smallest absolute Gasteiger partial charge is 0.336 e. The van der Waals surface area contributed by atoms with Crippen molar-refractivity contribution in [1.82, 2.24) is 4.98 Å². The Hall–Kier alpha value is -2.69. The zero-order valence-corrected chi connectivity index (χ0v) is 9.33. The van der Waals surface area contributed by atoms with Gasteiger partial charge in [-0.2, -0.15) is 0 Å². The van der Waals surface area contributed by atoms with E-state index in [0.717, 1.165) is 0 Å². The number of nitrogens with two attached hydrogens (primary N) is 1. The molecule has 0 fully saturated rings. The minimum absolute atomic E-state index is 0.131. The van der Waals surface area contributed by atoms with Crippen molar-refractivity contribution in [2.75, 3.05) is 0 Å². The third kappa shape index (κ3) is 2.20. The molecule has 5 heteroatoms. The lowest BCUT2D eigenvalue weighted by Gasteiger charge is -2.06. The van der Waals surface area contributed by atoms with Crippen molar-refractivity contribution in [3.05, 3.63) is 53.9 Å². The SMILES string of the molecule is NC(=O)c1cccc(-c2cnccc2C(=O)O)c1. The van der Waals surface area contributed by atoms with Gasteiger partial charge in [-0.1, -0.05) is 12.1 Å². The number of aromatic nitrogens is 1. The fourth-order valence-electron chi connectivity index (χ4n) is 1.65. The molecule has 0 aliphatic carbocycles. The van der Waals surface area contributed by atoms with Gasteiger partial charge in [-0.3, -0.25) is 9.78 Å². The fraction of sp³-hybridized carbons (Fsp3) is 0. The van der Waals surface area contributed by atoms with Crippen LogP contribution in [0.25, 0.3) is 11.1 Å². The van der Waals surface area contributed by atoms with Crippen LogP contribution in [0, 0.1) is 0 Å². The average molecular weight is 242 g/mol. The monoisotopic (exact) mass is 242 g/mol. The van der Waals surface area contributed by atoms with Crippen molar-refractivity contribution in [2.24, 2.45) is 5.73 Å². The molecule has 0 atom stereocenters. The largest absolute Gasteiger partial charge is 0.478 e. The number of hydrogen-bond acceptors (Lipinski definition) is 3. The molecule has 0 saturated heterocycles. The minimum atomic E-state index is -1.04. The zero-order valence-electron chi connectivity index (χ0n) is 9.33. The minimum Gasteiger partial charge on any atom is -0.478 e. The highest BCUT2D eigenvalue weighted by Gasteiger charge is 2.12. The van der Waals surface area contributed by atoms with Gasteiger partial charge in [0, 0.05) is 23.5 Å². The summed E-state index contributed by atoms with van der Waals surface area (Å²) in [5.41, 5.74) is 6.69. The van der Waals surface area contributed by atoms with Crippen LogP contribution in [-0.4, -0.2) is 22.0 Å². The lowest BCUT2D eigenvalue weighted by Crippen LogP contribution is -2.10. The molecule has 18 heavy (non-hydrogen) atoms. The standard InChI is InChI=1S/C13H10N2O3/c14-12(16)9-3-1-2-8(6-9)11-7-15-5-4-10(11)13(17)18/h1-7H,(H2,14,16)(H,17,18). The summed E-state index contributed by atoms with van der Waals surface area (Å²) in [5.74, 6) is -1.60. The van der Waals surface area contributed by atoms with Gasteiger partial charge in [0.15, 0.2) is 0 Å². The predicted octanol–water partition coefficient (Wildman–Crippen LogP) is 1.55. The summed E-state index contributed by atoms with van der Waals surface area (Å²) in [4.78, 5) is 26.1. The molecule has 2 aromatic rings. The van der Waals surface area contributed by atoms with Gasteiger partial charge in [-0.05, 0) is 23.8 Å². The molecule has 5 nitrogen and oxygen atoms in total. The summed E-state index contributed by atoms with van der Waals surface area (Å²) in [6.07, 6.45) is 2.86. The van der Waals surface area contributed by atoms with Gasteiger partial charge in [0.05, 0.1) is 5.56 Å². The Kier molecular flexibility index (Phi) is 3.05. The Morgan fingerprint density at radius 3 is 2.67 bits per heavy atom. The molecule has 1 aromatic carbocycles. The molecule has 0 saturated carbocycles. The first-order valence-electron chi connectivity index (χ1n) is 5.17. The van der Waals surface area contributed by atoms with Gasteiger partial charge in [-0.15, -0.1) is 0 Å². The van der Waals surface area contributed by atoms with Gasteiger partial charge >= 0.3 is 5.97 Å². The maximum absolute atomic E-state index is 11.1. The zero-order chi connectivity index (χ0) is 13.1. The normalized spacial score (nSPS) is 10.0. The van der Waals surface area contributed by atoms with Crippen molar-refractivity contribution in [3.63, 3.8) is 0 Å². The van der Waals surface area contributed by atoms with Crippen molar-refractivity contribution in [3.8, 4) is 11.1 Å². The van der Waals surface area contributed by atoms with E-state index in [1.54, 1.807) is 24.3 Å². The van der Waals surface area contributed by atoms with Crippen LogP contribution in [0.15, 0.2) is 42.7 Å². The van der Waals surface area contributed by atoms with Crippen LogP contribution >= 0.6 is 0 Å². The molecule has 3 N–H and O–H groups in total. The summed E-state index contributed by atoms with van der Waals surface area (Å²) in [5, 5.41) is 9.09. The topological polar surface area (TPSA) is 93.3 Å². The molecule has 0 radical (unpaired) electrons. The highest BCUT2D eigenvalue weighted by atomic mass is 16.4. The Labute approximate surface area is 103 Å². The first kappa shape index (κ1) is 11.8. The first-order chi connectivity index (χ1) is 8.59. The van der Waals surface area contributed by atoms with E-state index in [0.29, 0.717) is 16.7 Å². The molecule has 0 aliphatic rings. The molecule has 90 valence electrons. The van der Waals surface area contributed by atoms with E-state index in [1.165, 1.54) is 18.5 Å². The Morgan fingerprint density at radius 1 is 1.22 bits per heavy atom.